The lowest BCUT2D eigenvalue weighted by atomic mass is 10.1. The third-order valence-electron chi connectivity index (χ3n) is 2.75. The Balaban J connectivity index is 2.11. The lowest BCUT2D eigenvalue weighted by Crippen LogP contribution is -1.84. The van der Waals surface area contributed by atoms with E-state index in [1.54, 1.807) is 0 Å². The van der Waals surface area contributed by atoms with E-state index < -0.39 is 0 Å². The Kier molecular flexibility index (Phi) is 3.45. The van der Waals surface area contributed by atoms with E-state index in [1.807, 2.05) is 11.3 Å². The predicted octanol–water partition coefficient (Wildman–Crippen LogP) is 4.77. The standard InChI is InChI=1S/C15H18S/c1-11(2)15-9-8-14(16-15)10-13-6-4-12(3)5-7-13/h4-9,11H,10H2,1-3H3. The Morgan fingerprint density at radius 2 is 1.69 bits per heavy atom. The van der Waals surface area contributed by atoms with Gasteiger partial charge in [-0.05, 0) is 30.5 Å². The summed E-state index contributed by atoms with van der Waals surface area (Å²) in [5.41, 5.74) is 2.74. The molecule has 2 rings (SSSR count). The highest BCUT2D eigenvalue weighted by Gasteiger charge is 2.04. The quantitative estimate of drug-likeness (QED) is 0.712. The molecule has 0 aliphatic rings. The van der Waals surface area contributed by atoms with Crippen molar-refractivity contribution < 1.29 is 0 Å². The van der Waals surface area contributed by atoms with Crippen LogP contribution >= 0.6 is 11.3 Å². The van der Waals surface area contributed by atoms with Gasteiger partial charge in [0.25, 0.3) is 0 Å². The number of thiophene rings is 1. The Hall–Kier alpha value is -1.08. The molecule has 1 aromatic carbocycles. The summed E-state index contributed by atoms with van der Waals surface area (Å²) < 4.78 is 0. The molecule has 0 unspecified atom stereocenters. The molecule has 0 nitrogen and oxygen atoms in total. The third kappa shape index (κ3) is 2.73. The minimum absolute atomic E-state index is 0.650. The van der Waals surface area contributed by atoms with Crippen LogP contribution in [0, 0.1) is 6.92 Å². The van der Waals surface area contributed by atoms with Crippen molar-refractivity contribution in [3.8, 4) is 0 Å². The van der Waals surface area contributed by atoms with Crippen LogP contribution < -0.4 is 0 Å². The molecule has 16 heavy (non-hydrogen) atoms. The summed E-state index contributed by atoms with van der Waals surface area (Å²) in [4.78, 5) is 2.95. The highest BCUT2D eigenvalue weighted by atomic mass is 32.1. The summed E-state index contributed by atoms with van der Waals surface area (Å²) in [7, 11) is 0. The van der Waals surface area contributed by atoms with Crippen LogP contribution in [-0.4, -0.2) is 0 Å². The van der Waals surface area contributed by atoms with Crippen molar-refractivity contribution in [3.05, 3.63) is 57.3 Å². The lowest BCUT2D eigenvalue weighted by Gasteiger charge is -2.00. The van der Waals surface area contributed by atoms with Gasteiger partial charge in [0.05, 0.1) is 0 Å². The van der Waals surface area contributed by atoms with Crippen molar-refractivity contribution in [1.29, 1.82) is 0 Å². The van der Waals surface area contributed by atoms with Crippen LogP contribution in [0.1, 0.15) is 40.6 Å². The van der Waals surface area contributed by atoms with Crippen LogP contribution in [0.5, 0.6) is 0 Å². The monoisotopic (exact) mass is 230 g/mol. The number of hydrogen-bond acceptors (Lipinski definition) is 1. The van der Waals surface area contributed by atoms with E-state index in [0.29, 0.717) is 5.92 Å². The van der Waals surface area contributed by atoms with Gasteiger partial charge in [-0.1, -0.05) is 43.7 Å². The maximum atomic E-state index is 2.26. The van der Waals surface area contributed by atoms with E-state index in [4.69, 9.17) is 0 Å². The fourth-order valence-corrected chi connectivity index (χ4v) is 2.76. The number of benzene rings is 1. The average Bonchev–Trinajstić information content (AvgIpc) is 2.70. The summed E-state index contributed by atoms with van der Waals surface area (Å²) >= 11 is 1.94. The Labute approximate surface area is 102 Å². The minimum atomic E-state index is 0.650. The van der Waals surface area contributed by atoms with Crippen LogP contribution in [-0.2, 0) is 6.42 Å². The highest BCUT2D eigenvalue weighted by molar-refractivity contribution is 7.12. The molecule has 0 N–H and O–H groups in total. The predicted molar refractivity (Wildman–Crippen MR) is 72.4 cm³/mol. The van der Waals surface area contributed by atoms with Crippen molar-refractivity contribution in [2.45, 2.75) is 33.1 Å². The van der Waals surface area contributed by atoms with Crippen molar-refractivity contribution in [2.75, 3.05) is 0 Å². The molecule has 0 atom stereocenters. The van der Waals surface area contributed by atoms with Crippen molar-refractivity contribution in [2.24, 2.45) is 0 Å². The van der Waals surface area contributed by atoms with Gasteiger partial charge in [-0.3, -0.25) is 0 Å². The molecule has 0 spiro atoms. The highest BCUT2D eigenvalue weighted by Crippen LogP contribution is 2.26. The number of hydrogen-bond donors (Lipinski definition) is 0. The molecule has 1 heteroatoms. The first-order chi connectivity index (χ1) is 7.65. The van der Waals surface area contributed by atoms with E-state index in [9.17, 15) is 0 Å². The molecule has 0 bridgehead atoms. The van der Waals surface area contributed by atoms with E-state index in [1.165, 1.54) is 20.9 Å². The summed E-state index contributed by atoms with van der Waals surface area (Å²) in [5, 5.41) is 0. The minimum Gasteiger partial charge on any atom is -0.145 e. The lowest BCUT2D eigenvalue weighted by molar-refractivity contribution is 0.890. The van der Waals surface area contributed by atoms with Gasteiger partial charge in [0.2, 0.25) is 0 Å². The fraction of sp³-hybridized carbons (Fsp3) is 0.333. The molecule has 0 aliphatic carbocycles. The summed E-state index contributed by atoms with van der Waals surface area (Å²) in [6.45, 7) is 6.63. The van der Waals surface area contributed by atoms with Crippen LogP contribution in [0.4, 0.5) is 0 Å². The zero-order valence-electron chi connectivity index (χ0n) is 10.2. The maximum absolute atomic E-state index is 2.26. The van der Waals surface area contributed by atoms with Crippen molar-refractivity contribution in [1.82, 2.24) is 0 Å². The molecule has 1 heterocycles. The van der Waals surface area contributed by atoms with Crippen LogP contribution in [0.25, 0.3) is 0 Å². The van der Waals surface area contributed by atoms with Crippen LogP contribution in [0.2, 0.25) is 0 Å². The summed E-state index contributed by atoms with van der Waals surface area (Å²) in [5.74, 6) is 0.650. The zero-order valence-corrected chi connectivity index (χ0v) is 11.0. The Morgan fingerprint density at radius 3 is 2.25 bits per heavy atom. The van der Waals surface area contributed by atoms with Crippen molar-refractivity contribution >= 4 is 11.3 Å². The van der Waals surface area contributed by atoms with Gasteiger partial charge >= 0.3 is 0 Å². The number of aryl methyl sites for hydroxylation is 1. The third-order valence-corrected chi connectivity index (χ3v) is 4.14. The molecule has 0 saturated heterocycles. The van der Waals surface area contributed by atoms with E-state index >= 15 is 0 Å². The van der Waals surface area contributed by atoms with Crippen LogP contribution in [0.15, 0.2) is 36.4 Å². The van der Waals surface area contributed by atoms with Gasteiger partial charge in [-0.2, -0.15) is 0 Å². The molecule has 2 aromatic rings. The van der Waals surface area contributed by atoms with Gasteiger partial charge in [-0.15, -0.1) is 11.3 Å². The smallest absolute Gasteiger partial charge is 0.00921 e. The van der Waals surface area contributed by atoms with Gasteiger partial charge < -0.3 is 0 Å². The van der Waals surface area contributed by atoms with Gasteiger partial charge in [0.15, 0.2) is 0 Å². The zero-order chi connectivity index (χ0) is 11.5. The van der Waals surface area contributed by atoms with Crippen LogP contribution in [0.3, 0.4) is 0 Å². The summed E-state index contributed by atoms with van der Waals surface area (Å²) in [6, 6.07) is 13.4. The van der Waals surface area contributed by atoms with E-state index in [-0.39, 0.29) is 0 Å². The van der Waals surface area contributed by atoms with Gasteiger partial charge in [-0.25, -0.2) is 0 Å². The molecular weight excluding hydrogens is 212 g/mol. The Bertz CT molecular complexity index is 449. The molecule has 1 aromatic heterocycles. The molecule has 0 radical (unpaired) electrons. The van der Waals surface area contributed by atoms with Gasteiger partial charge in [0.1, 0.15) is 0 Å². The fourth-order valence-electron chi connectivity index (χ4n) is 1.71. The molecule has 84 valence electrons. The topological polar surface area (TPSA) is 0 Å². The van der Waals surface area contributed by atoms with Gasteiger partial charge in [0, 0.05) is 16.2 Å². The second-order valence-corrected chi connectivity index (χ2v) is 5.82. The van der Waals surface area contributed by atoms with E-state index in [0.717, 1.165) is 6.42 Å². The first kappa shape index (κ1) is 11.4. The normalized spacial score (nSPS) is 11.0. The maximum Gasteiger partial charge on any atom is 0.00921 e. The molecule has 0 amide bonds. The van der Waals surface area contributed by atoms with E-state index in [2.05, 4.69) is 57.2 Å². The molecule has 0 aliphatic heterocycles. The molecule has 0 saturated carbocycles. The average molecular weight is 230 g/mol. The SMILES string of the molecule is Cc1ccc(Cc2ccc(C(C)C)s2)cc1. The Morgan fingerprint density at radius 1 is 1.00 bits per heavy atom. The molecular formula is C15H18S. The number of rotatable bonds is 3. The molecule has 0 fully saturated rings. The second-order valence-electron chi connectivity index (χ2n) is 4.62. The summed E-state index contributed by atoms with van der Waals surface area (Å²) in [6.07, 6.45) is 1.07. The largest absolute Gasteiger partial charge is 0.145 e. The first-order valence-electron chi connectivity index (χ1n) is 5.79. The first-order valence-corrected chi connectivity index (χ1v) is 6.61. The second kappa shape index (κ2) is 4.84. The van der Waals surface area contributed by atoms with Crippen molar-refractivity contribution in [3.63, 3.8) is 0 Å².